The summed E-state index contributed by atoms with van der Waals surface area (Å²) in [6.07, 6.45) is 4.15. The van der Waals surface area contributed by atoms with Crippen molar-refractivity contribution in [2.24, 2.45) is 5.73 Å². The Morgan fingerprint density at radius 3 is 2.78 bits per heavy atom. The van der Waals surface area contributed by atoms with Crippen LogP contribution >= 0.6 is 0 Å². The number of aryl methyl sites for hydroxylation is 1. The van der Waals surface area contributed by atoms with Gasteiger partial charge in [-0.2, -0.15) is 5.26 Å². The largest absolute Gasteiger partial charge is 0.329 e. The van der Waals surface area contributed by atoms with Gasteiger partial charge in [0, 0.05) is 19.3 Å². The molecule has 0 aliphatic rings. The van der Waals surface area contributed by atoms with Gasteiger partial charge in [-0.25, -0.2) is 14.8 Å². The predicted molar refractivity (Wildman–Crippen MR) is 83.9 cm³/mol. The van der Waals surface area contributed by atoms with E-state index in [-0.39, 0.29) is 22.8 Å². The quantitative estimate of drug-likeness (QED) is 0.747. The number of nitrogens with two attached hydrogens (primary N) is 1. The number of urea groups is 1. The maximum absolute atomic E-state index is 12.2. The Kier molecular flexibility index (Phi) is 5.01. The van der Waals surface area contributed by atoms with Gasteiger partial charge in [-0.05, 0) is 18.6 Å². The number of carbonyl (C=O) groups excluding carboxylic acids is 1. The van der Waals surface area contributed by atoms with Crippen LogP contribution < -0.4 is 21.9 Å². The smallest absolute Gasteiger partial charge is 0.325 e. The number of pyridine rings is 1. The molecule has 2 rings (SSSR count). The van der Waals surface area contributed by atoms with Crippen LogP contribution in [-0.2, 0) is 6.54 Å². The molecule has 4 N–H and O–H groups in total. The lowest BCUT2D eigenvalue weighted by Crippen LogP contribution is -2.30. The summed E-state index contributed by atoms with van der Waals surface area (Å²) in [7, 11) is 0. The van der Waals surface area contributed by atoms with E-state index in [1.807, 2.05) is 13.0 Å². The molecule has 0 aliphatic carbocycles. The third-order valence-corrected chi connectivity index (χ3v) is 2.85. The van der Waals surface area contributed by atoms with Crippen molar-refractivity contribution in [1.29, 1.82) is 5.26 Å². The van der Waals surface area contributed by atoms with Crippen molar-refractivity contribution in [1.82, 2.24) is 14.5 Å². The van der Waals surface area contributed by atoms with E-state index in [9.17, 15) is 9.59 Å². The molecule has 0 aliphatic heterocycles. The minimum Gasteiger partial charge on any atom is -0.329 e. The van der Waals surface area contributed by atoms with Crippen molar-refractivity contribution in [3.05, 3.63) is 46.3 Å². The van der Waals surface area contributed by atoms with Crippen LogP contribution in [0.5, 0.6) is 0 Å². The Hall–Kier alpha value is -3.25. The fraction of sp³-hybridized carbons (Fsp3) is 0.214. The average Bonchev–Trinajstić information content (AvgIpc) is 2.52. The lowest BCUT2D eigenvalue weighted by Gasteiger charge is -2.10. The number of rotatable bonds is 4. The second-order valence-corrected chi connectivity index (χ2v) is 4.70. The van der Waals surface area contributed by atoms with Crippen LogP contribution in [0.25, 0.3) is 0 Å². The normalized spacial score (nSPS) is 9.96. The topological polar surface area (TPSA) is 139 Å². The number of hydrogen-bond acceptors (Lipinski definition) is 6. The molecule has 2 heterocycles. The number of amides is 2. The molecule has 0 atom stereocenters. The minimum atomic E-state index is -0.633. The summed E-state index contributed by atoms with van der Waals surface area (Å²) in [5, 5.41) is 13.5. The van der Waals surface area contributed by atoms with E-state index in [4.69, 9.17) is 11.0 Å². The molecule has 2 aromatic heterocycles. The monoisotopic (exact) mass is 313 g/mol. The van der Waals surface area contributed by atoms with Gasteiger partial charge in [0.05, 0.1) is 12.4 Å². The number of nitriles is 1. The molecule has 2 aromatic rings. The van der Waals surface area contributed by atoms with Gasteiger partial charge in [-0.15, -0.1) is 0 Å². The molecule has 0 bridgehead atoms. The molecule has 0 radical (unpaired) electrons. The Morgan fingerprint density at radius 1 is 1.39 bits per heavy atom. The van der Waals surface area contributed by atoms with Crippen LogP contribution in [0.15, 0.2) is 29.5 Å². The van der Waals surface area contributed by atoms with E-state index in [0.29, 0.717) is 13.1 Å². The van der Waals surface area contributed by atoms with E-state index < -0.39 is 6.03 Å². The van der Waals surface area contributed by atoms with Crippen LogP contribution in [0.1, 0.15) is 11.3 Å². The first-order valence-corrected chi connectivity index (χ1v) is 6.75. The number of anilines is 2. The molecule has 0 spiro atoms. The van der Waals surface area contributed by atoms with Gasteiger partial charge >= 0.3 is 6.03 Å². The fourth-order valence-electron chi connectivity index (χ4n) is 1.90. The highest BCUT2D eigenvalue weighted by molar-refractivity contribution is 5.98. The third kappa shape index (κ3) is 4.12. The number of hydrogen-bond donors (Lipinski definition) is 3. The van der Waals surface area contributed by atoms with Gasteiger partial charge in [-0.1, -0.05) is 0 Å². The van der Waals surface area contributed by atoms with Crippen LogP contribution in [0.2, 0.25) is 0 Å². The van der Waals surface area contributed by atoms with Crippen LogP contribution in [0.4, 0.5) is 16.3 Å². The zero-order valence-electron chi connectivity index (χ0n) is 12.4. The molecular weight excluding hydrogens is 298 g/mol. The van der Waals surface area contributed by atoms with Crippen LogP contribution in [0.3, 0.4) is 0 Å². The van der Waals surface area contributed by atoms with Crippen molar-refractivity contribution >= 4 is 17.5 Å². The van der Waals surface area contributed by atoms with Gasteiger partial charge < -0.3 is 15.6 Å². The van der Waals surface area contributed by atoms with Gasteiger partial charge in [0.1, 0.15) is 11.8 Å². The van der Waals surface area contributed by atoms with Gasteiger partial charge in [0.2, 0.25) is 0 Å². The standard InChI is InChI=1S/C14H15N7O2/c1-9-4-11(13(22)21(8-9)3-2-15)19-14(23)20-12-7-17-10(5-16)6-18-12/h4,6-8H,2-3,15H2,1H3,(H2,18,19,20,23). The first-order valence-electron chi connectivity index (χ1n) is 6.75. The molecule has 0 unspecified atom stereocenters. The van der Waals surface area contributed by atoms with E-state index >= 15 is 0 Å². The minimum absolute atomic E-state index is 0.137. The van der Waals surface area contributed by atoms with Gasteiger partial charge in [0.25, 0.3) is 5.56 Å². The number of aromatic nitrogens is 3. The SMILES string of the molecule is Cc1cc(NC(=O)Nc2cnc(C#N)cn2)c(=O)n(CCN)c1. The van der Waals surface area contributed by atoms with E-state index in [1.54, 1.807) is 12.3 Å². The zero-order valence-corrected chi connectivity index (χ0v) is 12.4. The van der Waals surface area contributed by atoms with Crippen LogP contribution in [-0.4, -0.2) is 27.1 Å². The number of nitrogens with one attached hydrogen (secondary N) is 2. The molecule has 0 fully saturated rings. The van der Waals surface area contributed by atoms with Crippen molar-refractivity contribution in [2.75, 3.05) is 17.2 Å². The highest BCUT2D eigenvalue weighted by atomic mass is 16.2. The first kappa shape index (κ1) is 16.1. The number of nitrogens with zero attached hydrogens (tertiary/aromatic N) is 4. The Bertz CT molecular complexity index is 805. The molecule has 9 nitrogen and oxygen atoms in total. The predicted octanol–water partition coefficient (Wildman–Crippen LogP) is 0.421. The second kappa shape index (κ2) is 7.15. The molecule has 2 amide bonds. The van der Waals surface area contributed by atoms with Gasteiger partial charge in [-0.3, -0.25) is 10.1 Å². The highest BCUT2D eigenvalue weighted by Gasteiger charge is 2.09. The maximum atomic E-state index is 12.2. The second-order valence-electron chi connectivity index (χ2n) is 4.70. The lowest BCUT2D eigenvalue weighted by molar-refractivity contribution is 0.262. The summed E-state index contributed by atoms with van der Waals surface area (Å²) in [5.74, 6) is 0.163. The van der Waals surface area contributed by atoms with E-state index in [1.165, 1.54) is 17.0 Å². The molecule has 0 saturated carbocycles. The van der Waals surface area contributed by atoms with Gasteiger partial charge in [0.15, 0.2) is 11.5 Å². The van der Waals surface area contributed by atoms with E-state index in [2.05, 4.69) is 20.6 Å². The van der Waals surface area contributed by atoms with Crippen LogP contribution in [0, 0.1) is 18.3 Å². The third-order valence-electron chi connectivity index (χ3n) is 2.85. The lowest BCUT2D eigenvalue weighted by atomic mass is 10.3. The summed E-state index contributed by atoms with van der Waals surface area (Å²) < 4.78 is 1.44. The maximum Gasteiger partial charge on any atom is 0.325 e. The van der Waals surface area contributed by atoms with E-state index in [0.717, 1.165) is 5.56 Å². The van der Waals surface area contributed by atoms with Crippen molar-refractivity contribution in [3.63, 3.8) is 0 Å². The molecular formula is C14H15N7O2. The molecule has 0 aromatic carbocycles. The van der Waals surface area contributed by atoms with Crippen molar-refractivity contribution in [2.45, 2.75) is 13.5 Å². The van der Waals surface area contributed by atoms with Crippen molar-refractivity contribution < 1.29 is 4.79 Å². The summed E-state index contributed by atoms with van der Waals surface area (Å²) in [4.78, 5) is 31.8. The Morgan fingerprint density at radius 2 is 2.17 bits per heavy atom. The fourth-order valence-corrected chi connectivity index (χ4v) is 1.90. The Labute approximate surface area is 131 Å². The molecule has 23 heavy (non-hydrogen) atoms. The molecule has 0 saturated heterocycles. The highest BCUT2D eigenvalue weighted by Crippen LogP contribution is 2.06. The molecule has 9 heteroatoms. The van der Waals surface area contributed by atoms with Crippen molar-refractivity contribution in [3.8, 4) is 6.07 Å². The Balaban J connectivity index is 2.13. The summed E-state index contributed by atoms with van der Waals surface area (Å²) in [6.45, 7) is 2.48. The summed E-state index contributed by atoms with van der Waals surface area (Å²) in [6, 6.07) is 2.76. The summed E-state index contributed by atoms with van der Waals surface area (Å²) >= 11 is 0. The summed E-state index contributed by atoms with van der Waals surface area (Å²) in [5.41, 5.74) is 6.20. The number of carbonyl (C=O) groups is 1. The zero-order chi connectivity index (χ0) is 16.8. The first-order chi connectivity index (χ1) is 11.0. The average molecular weight is 313 g/mol. The molecule has 118 valence electrons.